The Hall–Kier alpha value is -0.870. The number of hydrogen-bond donors (Lipinski definition) is 1. The average Bonchev–Trinajstić information content (AvgIpc) is 2.24. The number of carbonyl (C=O) groups is 1. The Morgan fingerprint density at radius 1 is 1.60 bits per heavy atom. The van der Waals surface area contributed by atoms with Crippen molar-refractivity contribution in [2.75, 3.05) is 6.61 Å². The number of hydrogen-bond acceptors (Lipinski definition) is 3. The summed E-state index contributed by atoms with van der Waals surface area (Å²) in [6.45, 7) is 2.24. The minimum atomic E-state index is -1.20. The van der Waals surface area contributed by atoms with Crippen LogP contribution in [0.3, 0.4) is 0 Å². The second-order valence-electron chi connectivity index (χ2n) is 3.13. The number of ether oxygens (including phenoxy) is 1. The molecule has 0 amide bonds. The summed E-state index contributed by atoms with van der Waals surface area (Å²) in [5.74, 6) is -0.602. The quantitative estimate of drug-likeness (QED) is 0.857. The molecular weight excluding hydrogens is 260 g/mol. The zero-order chi connectivity index (χ0) is 11.3. The van der Waals surface area contributed by atoms with Crippen LogP contribution in [0.5, 0.6) is 0 Å². The molecule has 0 aliphatic heterocycles. The highest BCUT2D eigenvalue weighted by molar-refractivity contribution is 9.10. The number of esters is 1. The Morgan fingerprint density at radius 2 is 2.33 bits per heavy atom. The highest BCUT2D eigenvalue weighted by Crippen LogP contribution is 2.19. The van der Waals surface area contributed by atoms with Gasteiger partial charge in [-0.25, -0.2) is 4.79 Å². The SMILES string of the molecule is CCCOC(=O)C(O)c1cccc(Br)c1. The van der Waals surface area contributed by atoms with Crippen LogP contribution in [-0.2, 0) is 9.53 Å². The van der Waals surface area contributed by atoms with E-state index >= 15 is 0 Å². The highest BCUT2D eigenvalue weighted by atomic mass is 79.9. The minimum Gasteiger partial charge on any atom is -0.464 e. The number of aliphatic hydroxyl groups excluding tert-OH is 1. The molecule has 4 heteroatoms. The summed E-state index contributed by atoms with van der Waals surface area (Å²) in [5, 5.41) is 9.64. The first-order valence-corrected chi connectivity index (χ1v) is 5.54. The molecule has 0 saturated carbocycles. The van der Waals surface area contributed by atoms with E-state index in [2.05, 4.69) is 15.9 Å². The van der Waals surface area contributed by atoms with E-state index in [9.17, 15) is 9.90 Å². The van der Waals surface area contributed by atoms with E-state index in [1.54, 1.807) is 18.2 Å². The fourth-order valence-electron chi connectivity index (χ4n) is 1.09. The first-order valence-electron chi connectivity index (χ1n) is 4.75. The molecule has 0 fully saturated rings. The second kappa shape index (κ2) is 5.88. The van der Waals surface area contributed by atoms with Crippen molar-refractivity contribution in [2.45, 2.75) is 19.4 Å². The van der Waals surface area contributed by atoms with Crippen LogP contribution in [0, 0.1) is 0 Å². The van der Waals surface area contributed by atoms with Crippen molar-refractivity contribution in [2.24, 2.45) is 0 Å². The molecule has 82 valence electrons. The molecule has 0 radical (unpaired) electrons. The van der Waals surface area contributed by atoms with Gasteiger partial charge in [0.25, 0.3) is 0 Å². The Bertz CT molecular complexity index is 338. The molecule has 1 unspecified atom stereocenters. The normalized spacial score (nSPS) is 12.2. The predicted molar refractivity (Wildman–Crippen MR) is 60.4 cm³/mol. The van der Waals surface area contributed by atoms with Crippen LogP contribution in [0.25, 0.3) is 0 Å². The molecule has 15 heavy (non-hydrogen) atoms. The van der Waals surface area contributed by atoms with Crippen LogP contribution in [-0.4, -0.2) is 17.7 Å². The van der Waals surface area contributed by atoms with E-state index in [1.165, 1.54) is 0 Å². The first kappa shape index (κ1) is 12.2. The predicted octanol–water partition coefficient (Wildman–Crippen LogP) is 2.44. The van der Waals surface area contributed by atoms with Crippen molar-refractivity contribution < 1.29 is 14.6 Å². The van der Waals surface area contributed by atoms with Crippen molar-refractivity contribution in [1.82, 2.24) is 0 Å². The van der Waals surface area contributed by atoms with Gasteiger partial charge in [-0.2, -0.15) is 0 Å². The van der Waals surface area contributed by atoms with Gasteiger partial charge in [0.05, 0.1) is 6.61 Å². The lowest BCUT2D eigenvalue weighted by molar-refractivity contribution is -0.153. The molecule has 1 atom stereocenters. The lowest BCUT2D eigenvalue weighted by Gasteiger charge is -2.10. The third kappa shape index (κ3) is 3.64. The Morgan fingerprint density at radius 3 is 2.93 bits per heavy atom. The van der Waals surface area contributed by atoms with Gasteiger partial charge >= 0.3 is 5.97 Å². The highest BCUT2D eigenvalue weighted by Gasteiger charge is 2.18. The summed E-state index contributed by atoms with van der Waals surface area (Å²) in [4.78, 5) is 11.3. The summed E-state index contributed by atoms with van der Waals surface area (Å²) >= 11 is 3.27. The Balaban J connectivity index is 2.67. The van der Waals surface area contributed by atoms with Gasteiger partial charge in [-0.15, -0.1) is 0 Å². The zero-order valence-electron chi connectivity index (χ0n) is 8.44. The van der Waals surface area contributed by atoms with Crippen molar-refractivity contribution in [1.29, 1.82) is 0 Å². The van der Waals surface area contributed by atoms with Gasteiger partial charge < -0.3 is 9.84 Å². The molecule has 0 aliphatic carbocycles. The van der Waals surface area contributed by atoms with E-state index in [-0.39, 0.29) is 0 Å². The van der Waals surface area contributed by atoms with Crippen LogP contribution in [0.15, 0.2) is 28.7 Å². The molecule has 0 saturated heterocycles. The van der Waals surface area contributed by atoms with Gasteiger partial charge in [-0.1, -0.05) is 35.0 Å². The first-order chi connectivity index (χ1) is 7.15. The molecule has 0 aliphatic rings. The maximum absolute atomic E-state index is 11.3. The molecule has 1 aromatic carbocycles. The summed E-state index contributed by atoms with van der Waals surface area (Å²) in [7, 11) is 0. The van der Waals surface area contributed by atoms with Crippen LogP contribution in [0.2, 0.25) is 0 Å². The molecule has 3 nitrogen and oxygen atoms in total. The van der Waals surface area contributed by atoms with Crippen LogP contribution >= 0.6 is 15.9 Å². The van der Waals surface area contributed by atoms with E-state index in [4.69, 9.17) is 4.74 Å². The molecule has 1 aromatic rings. The summed E-state index contributed by atoms with van der Waals surface area (Å²) in [5.41, 5.74) is 0.533. The summed E-state index contributed by atoms with van der Waals surface area (Å²) in [6.07, 6.45) is -0.453. The number of rotatable bonds is 4. The molecule has 0 aromatic heterocycles. The average molecular weight is 273 g/mol. The van der Waals surface area contributed by atoms with Gasteiger partial charge in [0.15, 0.2) is 6.10 Å². The number of carbonyl (C=O) groups excluding carboxylic acids is 1. The fourth-order valence-corrected chi connectivity index (χ4v) is 1.51. The van der Waals surface area contributed by atoms with Gasteiger partial charge in [0.1, 0.15) is 0 Å². The third-order valence-electron chi connectivity index (χ3n) is 1.84. The summed E-state index contributed by atoms with van der Waals surface area (Å²) in [6, 6.07) is 6.96. The number of halogens is 1. The largest absolute Gasteiger partial charge is 0.464 e. The molecule has 1 rings (SSSR count). The maximum Gasteiger partial charge on any atom is 0.339 e. The topological polar surface area (TPSA) is 46.5 Å². The number of aliphatic hydroxyl groups is 1. The van der Waals surface area contributed by atoms with Crippen molar-refractivity contribution >= 4 is 21.9 Å². The van der Waals surface area contributed by atoms with Crippen LogP contribution in [0.1, 0.15) is 25.0 Å². The Kier molecular flexibility index (Phi) is 4.78. The smallest absolute Gasteiger partial charge is 0.339 e. The summed E-state index contributed by atoms with van der Waals surface area (Å²) < 4.78 is 5.66. The van der Waals surface area contributed by atoms with Crippen molar-refractivity contribution in [3.05, 3.63) is 34.3 Å². The van der Waals surface area contributed by atoms with Crippen LogP contribution in [0.4, 0.5) is 0 Å². The fraction of sp³-hybridized carbons (Fsp3) is 0.364. The molecule has 0 bridgehead atoms. The van der Waals surface area contributed by atoms with Gasteiger partial charge in [0.2, 0.25) is 0 Å². The molecule has 0 heterocycles. The number of benzene rings is 1. The van der Waals surface area contributed by atoms with E-state index in [0.29, 0.717) is 12.2 Å². The van der Waals surface area contributed by atoms with Crippen LogP contribution < -0.4 is 0 Å². The minimum absolute atomic E-state index is 0.337. The lowest BCUT2D eigenvalue weighted by Crippen LogP contribution is -2.15. The standard InChI is InChI=1S/C11H13BrO3/c1-2-6-15-11(14)10(13)8-4-3-5-9(12)7-8/h3-5,7,10,13H,2,6H2,1H3. The third-order valence-corrected chi connectivity index (χ3v) is 2.33. The zero-order valence-corrected chi connectivity index (χ0v) is 10.0. The van der Waals surface area contributed by atoms with Gasteiger partial charge in [-0.05, 0) is 24.1 Å². The molecule has 1 N–H and O–H groups in total. The van der Waals surface area contributed by atoms with E-state index in [0.717, 1.165) is 10.9 Å². The van der Waals surface area contributed by atoms with Gasteiger partial charge in [0, 0.05) is 4.47 Å². The maximum atomic E-state index is 11.3. The van der Waals surface area contributed by atoms with E-state index in [1.807, 2.05) is 13.0 Å². The Labute approximate surface area is 97.2 Å². The lowest BCUT2D eigenvalue weighted by atomic mass is 10.1. The molecular formula is C11H13BrO3. The van der Waals surface area contributed by atoms with Gasteiger partial charge in [-0.3, -0.25) is 0 Å². The molecule has 0 spiro atoms. The second-order valence-corrected chi connectivity index (χ2v) is 4.04. The van der Waals surface area contributed by atoms with Crippen molar-refractivity contribution in [3.63, 3.8) is 0 Å². The van der Waals surface area contributed by atoms with E-state index < -0.39 is 12.1 Å². The monoisotopic (exact) mass is 272 g/mol. The van der Waals surface area contributed by atoms with Crippen molar-refractivity contribution in [3.8, 4) is 0 Å².